The van der Waals surface area contributed by atoms with Gasteiger partial charge in [-0.1, -0.05) is 47.0 Å². The Morgan fingerprint density at radius 2 is 1.57 bits per heavy atom. The number of carbonyl (C=O) groups excluding carboxylic acids is 2. The molecule has 1 fully saturated rings. The number of rotatable bonds is 12. The zero-order valence-corrected chi connectivity index (χ0v) is 18.4. The Balaban J connectivity index is 2.38. The molecule has 0 amide bonds. The molecule has 0 saturated heterocycles. The van der Waals surface area contributed by atoms with Crippen molar-refractivity contribution >= 4 is 11.9 Å². The van der Waals surface area contributed by atoms with Crippen LogP contribution in [0, 0.1) is 22.7 Å². The number of ether oxygens (including phenoxy) is 2. The quantitative estimate of drug-likeness (QED) is 0.488. The van der Waals surface area contributed by atoms with E-state index in [1.54, 1.807) is 0 Å². The molecule has 0 unspecified atom stereocenters. The second kappa shape index (κ2) is 11.8. The van der Waals surface area contributed by atoms with Gasteiger partial charge < -0.3 is 20.9 Å². The van der Waals surface area contributed by atoms with Gasteiger partial charge in [0.1, 0.15) is 0 Å². The van der Waals surface area contributed by atoms with E-state index in [0.29, 0.717) is 31.8 Å². The first-order chi connectivity index (χ1) is 13.1. The standard InChI is InChI=1S/C22H42N2O4/c1-17(2)10-18(13-23)11-19(25)27-15-21(3,4)16-28-20(26)12-22(14-24)8-6-5-7-9-22/h17-18H,5-16,23-24H2,1-4H3/t18-/m1/s1. The van der Waals surface area contributed by atoms with Crippen molar-refractivity contribution in [2.24, 2.45) is 34.1 Å². The molecule has 6 nitrogen and oxygen atoms in total. The van der Waals surface area contributed by atoms with Crippen LogP contribution in [-0.4, -0.2) is 38.2 Å². The van der Waals surface area contributed by atoms with E-state index in [1.165, 1.54) is 6.42 Å². The molecule has 164 valence electrons. The van der Waals surface area contributed by atoms with Crippen LogP contribution in [0.5, 0.6) is 0 Å². The SMILES string of the molecule is CC(C)C[C@@H](CN)CC(=O)OCC(C)(C)COC(=O)CC1(CN)CCCCC1. The third-order valence-electron chi connectivity index (χ3n) is 5.71. The lowest BCUT2D eigenvalue weighted by molar-refractivity contribution is -0.155. The van der Waals surface area contributed by atoms with Crippen molar-refractivity contribution < 1.29 is 19.1 Å². The maximum absolute atomic E-state index is 12.3. The van der Waals surface area contributed by atoms with E-state index in [1.807, 2.05) is 13.8 Å². The van der Waals surface area contributed by atoms with Crippen molar-refractivity contribution in [1.82, 2.24) is 0 Å². The fourth-order valence-electron chi connectivity index (χ4n) is 3.93. The molecule has 1 aliphatic carbocycles. The van der Waals surface area contributed by atoms with Crippen LogP contribution in [0.3, 0.4) is 0 Å². The molecule has 1 saturated carbocycles. The van der Waals surface area contributed by atoms with Gasteiger partial charge in [0, 0.05) is 11.8 Å². The predicted molar refractivity (Wildman–Crippen MR) is 112 cm³/mol. The van der Waals surface area contributed by atoms with Gasteiger partial charge in [-0.15, -0.1) is 0 Å². The highest BCUT2D eigenvalue weighted by molar-refractivity contribution is 5.70. The smallest absolute Gasteiger partial charge is 0.306 e. The van der Waals surface area contributed by atoms with Gasteiger partial charge in [-0.2, -0.15) is 0 Å². The monoisotopic (exact) mass is 398 g/mol. The van der Waals surface area contributed by atoms with Crippen LogP contribution < -0.4 is 11.5 Å². The van der Waals surface area contributed by atoms with Gasteiger partial charge in [0.05, 0.1) is 19.6 Å². The first kappa shape index (κ1) is 24.9. The molecule has 0 aliphatic heterocycles. The van der Waals surface area contributed by atoms with Crippen molar-refractivity contribution in [2.75, 3.05) is 26.3 Å². The van der Waals surface area contributed by atoms with E-state index in [9.17, 15) is 9.59 Å². The largest absolute Gasteiger partial charge is 0.465 e. The van der Waals surface area contributed by atoms with Crippen molar-refractivity contribution in [3.05, 3.63) is 0 Å². The van der Waals surface area contributed by atoms with Gasteiger partial charge in [-0.05, 0) is 49.6 Å². The summed E-state index contributed by atoms with van der Waals surface area (Å²) in [5.41, 5.74) is 11.2. The number of esters is 2. The van der Waals surface area contributed by atoms with Gasteiger partial charge >= 0.3 is 11.9 Å². The summed E-state index contributed by atoms with van der Waals surface area (Å²) in [6, 6.07) is 0. The van der Waals surface area contributed by atoms with E-state index < -0.39 is 5.41 Å². The minimum absolute atomic E-state index is 0.0976. The lowest BCUT2D eigenvalue weighted by atomic mass is 9.72. The number of nitrogens with two attached hydrogens (primary N) is 2. The normalized spacial score (nSPS) is 18.0. The highest BCUT2D eigenvalue weighted by Gasteiger charge is 2.34. The molecular weight excluding hydrogens is 356 g/mol. The van der Waals surface area contributed by atoms with Crippen molar-refractivity contribution in [2.45, 2.75) is 79.1 Å². The summed E-state index contributed by atoms with van der Waals surface area (Å²) < 4.78 is 11.0. The average Bonchev–Trinajstić information content (AvgIpc) is 2.65. The molecule has 6 heteroatoms. The van der Waals surface area contributed by atoms with E-state index in [-0.39, 0.29) is 36.5 Å². The summed E-state index contributed by atoms with van der Waals surface area (Å²) in [6.45, 7) is 9.56. The third-order valence-corrected chi connectivity index (χ3v) is 5.71. The molecule has 0 bridgehead atoms. The van der Waals surface area contributed by atoms with Gasteiger partial charge in [-0.25, -0.2) is 0 Å². The lowest BCUT2D eigenvalue weighted by Crippen LogP contribution is -2.36. The Morgan fingerprint density at radius 3 is 2.07 bits per heavy atom. The average molecular weight is 399 g/mol. The predicted octanol–water partition coefficient (Wildman–Crippen LogP) is 3.41. The van der Waals surface area contributed by atoms with Crippen LogP contribution in [0.1, 0.15) is 79.1 Å². The Bertz CT molecular complexity index is 485. The molecule has 0 heterocycles. The summed E-state index contributed by atoms with van der Waals surface area (Å²) in [5, 5.41) is 0. The molecule has 0 radical (unpaired) electrons. The third kappa shape index (κ3) is 9.37. The first-order valence-electron chi connectivity index (χ1n) is 10.8. The molecule has 0 aromatic heterocycles. The van der Waals surface area contributed by atoms with E-state index in [0.717, 1.165) is 32.1 Å². The molecule has 1 atom stereocenters. The molecular formula is C22H42N2O4. The van der Waals surface area contributed by atoms with Crippen molar-refractivity contribution in [3.63, 3.8) is 0 Å². The topological polar surface area (TPSA) is 105 Å². The Labute approximate surface area is 171 Å². The van der Waals surface area contributed by atoms with Crippen LogP contribution in [0.25, 0.3) is 0 Å². The number of carbonyl (C=O) groups is 2. The van der Waals surface area contributed by atoms with Gasteiger partial charge in [0.2, 0.25) is 0 Å². The van der Waals surface area contributed by atoms with Crippen molar-refractivity contribution in [3.8, 4) is 0 Å². The Morgan fingerprint density at radius 1 is 1.00 bits per heavy atom. The second-order valence-corrected chi connectivity index (χ2v) is 9.86. The van der Waals surface area contributed by atoms with E-state index >= 15 is 0 Å². The summed E-state index contributed by atoms with van der Waals surface area (Å²) >= 11 is 0. The highest BCUT2D eigenvalue weighted by atomic mass is 16.5. The zero-order chi connectivity index (χ0) is 21.2. The molecule has 0 aromatic carbocycles. The van der Waals surface area contributed by atoms with E-state index in [2.05, 4.69) is 13.8 Å². The fraction of sp³-hybridized carbons (Fsp3) is 0.909. The van der Waals surface area contributed by atoms with Crippen LogP contribution in [-0.2, 0) is 19.1 Å². The minimum Gasteiger partial charge on any atom is -0.465 e. The summed E-state index contributed by atoms with van der Waals surface area (Å²) in [6.07, 6.45) is 7.11. The summed E-state index contributed by atoms with van der Waals surface area (Å²) in [5.74, 6) is 0.209. The summed E-state index contributed by atoms with van der Waals surface area (Å²) in [7, 11) is 0. The maximum atomic E-state index is 12.3. The van der Waals surface area contributed by atoms with Crippen LogP contribution in [0.4, 0.5) is 0 Å². The van der Waals surface area contributed by atoms with Crippen LogP contribution in [0.2, 0.25) is 0 Å². The maximum Gasteiger partial charge on any atom is 0.306 e. The first-order valence-corrected chi connectivity index (χ1v) is 10.8. The molecule has 1 aliphatic rings. The molecule has 1 rings (SSSR count). The Hall–Kier alpha value is -1.14. The lowest BCUT2D eigenvalue weighted by Gasteiger charge is -2.35. The van der Waals surface area contributed by atoms with Gasteiger partial charge in [-0.3, -0.25) is 9.59 Å². The van der Waals surface area contributed by atoms with Crippen LogP contribution in [0.15, 0.2) is 0 Å². The second-order valence-electron chi connectivity index (χ2n) is 9.86. The Kier molecular flexibility index (Phi) is 10.5. The van der Waals surface area contributed by atoms with Crippen LogP contribution >= 0.6 is 0 Å². The molecule has 0 aromatic rings. The van der Waals surface area contributed by atoms with Gasteiger partial charge in [0.25, 0.3) is 0 Å². The van der Waals surface area contributed by atoms with E-state index in [4.69, 9.17) is 20.9 Å². The molecule has 28 heavy (non-hydrogen) atoms. The number of hydrogen-bond acceptors (Lipinski definition) is 6. The zero-order valence-electron chi connectivity index (χ0n) is 18.4. The minimum atomic E-state index is -0.427. The fourth-order valence-corrected chi connectivity index (χ4v) is 3.93. The summed E-state index contributed by atoms with van der Waals surface area (Å²) in [4.78, 5) is 24.5. The molecule has 0 spiro atoms. The van der Waals surface area contributed by atoms with Crippen molar-refractivity contribution in [1.29, 1.82) is 0 Å². The number of hydrogen-bond donors (Lipinski definition) is 2. The molecule has 4 N–H and O–H groups in total. The highest BCUT2D eigenvalue weighted by Crippen LogP contribution is 2.38. The van der Waals surface area contributed by atoms with Gasteiger partial charge in [0.15, 0.2) is 0 Å².